The van der Waals surface area contributed by atoms with Gasteiger partial charge in [0.15, 0.2) is 0 Å². The third-order valence-corrected chi connectivity index (χ3v) is 3.55. The maximum atomic E-state index is 11.4. The molecule has 1 atom stereocenters. The maximum absolute atomic E-state index is 11.4. The lowest BCUT2D eigenvalue weighted by molar-refractivity contribution is -0.142. The number of ether oxygens (including phenoxy) is 1. The van der Waals surface area contributed by atoms with Gasteiger partial charge < -0.3 is 4.74 Å². The summed E-state index contributed by atoms with van der Waals surface area (Å²) in [5.41, 5.74) is 0. The predicted octanol–water partition coefficient (Wildman–Crippen LogP) is 1.57. The average molecular weight is 197 g/mol. The Morgan fingerprint density at radius 3 is 2.50 bits per heavy atom. The Hall–Kier alpha value is -0.570. The van der Waals surface area contributed by atoms with Crippen LogP contribution in [-0.4, -0.2) is 36.6 Å². The molecule has 1 aliphatic heterocycles. The summed E-state index contributed by atoms with van der Waals surface area (Å²) in [6, 6.07) is 0.650. The highest BCUT2D eigenvalue weighted by Crippen LogP contribution is 2.25. The molecule has 2 aliphatic rings. The molecule has 14 heavy (non-hydrogen) atoms. The normalized spacial score (nSPS) is 29.6. The van der Waals surface area contributed by atoms with E-state index in [2.05, 4.69) is 11.9 Å². The summed E-state index contributed by atoms with van der Waals surface area (Å²) in [5, 5.41) is 0. The van der Waals surface area contributed by atoms with E-state index in [-0.39, 0.29) is 12.0 Å². The van der Waals surface area contributed by atoms with E-state index in [4.69, 9.17) is 4.74 Å². The van der Waals surface area contributed by atoms with Crippen LogP contribution in [0, 0.1) is 0 Å². The second-order valence-electron chi connectivity index (χ2n) is 4.43. The number of esters is 1. The van der Waals surface area contributed by atoms with Crippen molar-refractivity contribution in [2.24, 2.45) is 0 Å². The van der Waals surface area contributed by atoms with Crippen molar-refractivity contribution < 1.29 is 9.53 Å². The summed E-state index contributed by atoms with van der Waals surface area (Å²) in [5.74, 6) is -0.0157. The topological polar surface area (TPSA) is 29.5 Å². The molecule has 0 spiro atoms. The lowest BCUT2D eigenvalue weighted by Gasteiger charge is -2.33. The van der Waals surface area contributed by atoms with Gasteiger partial charge in [-0.2, -0.15) is 0 Å². The van der Waals surface area contributed by atoms with Crippen LogP contribution in [0.4, 0.5) is 0 Å². The first-order valence-electron chi connectivity index (χ1n) is 5.67. The molecule has 1 aliphatic carbocycles. The molecule has 2 rings (SSSR count). The fourth-order valence-corrected chi connectivity index (χ4v) is 2.60. The van der Waals surface area contributed by atoms with Crippen LogP contribution in [-0.2, 0) is 9.53 Å². The van der Waals surface area contributed by atoms with Gasteiger partial charge in [0.25, 0.3) is 0 Å². The average Bonchev–Trinajstić information content (AvgIpc) is 2.65. The molecule has 1 unspecified atom stereocenters. The summed E-state index contributed by atoms with van der Waals surface area (Å²) in [6.45, 7) is 0.612. The van der Waals surface area contributed by atoms with Crippen molar-refractivity contribution in [1.82, 2.24) is 4.90 Å². The van der Waals surface area contributed by atoms with Crippen molar-refractivity contribution in [2.75, 3.05) is 13.7 Å². The van der Waals surface area contributed by atoms with Gasteiger partial charge in [-0.15, -0.1) is 0 Å². The second-order valence-corrected chi connectivity index (χ2v) is 4.43. The minimum absolute atomic E-state index is 0.0157. The Labute approximate surface area is 85.4 Å². The zero-order valence-electron chi connectivity index (χ0n) is 8.87. The van der Waals surface area contributed by atoms with E-state index in [1.54, 1.807) is 0 Å². The van der Waals surface area contributed by atoms with Gasteiger partial charge in [0.05, 0.1) is 6.61 Å². The predicted molar refractivity (Wildman–Crippen MR) is 54.0 cm³/mol. The number of carbonyl (C=O) groups excluding carboxylic acids is 1. The largest absolute Gasteiger partial charge is 0.464 e. The molecule has 1 saturated heterocycles. The first kappa shape index (κ1) is 9.97. The van der Waals surface area contributed by atoms with Gasteiger partial charge in [0.1, 0.15) is 6.04 Å². The molecule has 1 saturated carbocycles. The summed E-state index contributed by atoms with van der Waals surface area (Å²) >= 11 is 0. The molecule has 0 aromatic rings. The molecular formula is C11H19NO2. The molecule has 0 radical (unpaired) electrons. The number of cyclic esters (lactones) is 1. The van der Waals surface area contributed by atoms with Gasteiger partial charge in [-0.3, -0.25) is 9.69 Å². The third kappa shape index (κ3) is 1.92. The number of rotatable bonds is 2. The first-order valence-corrected chi connectivity index (χ1v) is 5.67. The highest BCUT2D eigenvalue weighted by molar-refractivity contribution is 5.77. The SMILES string of the molecule is CN(C1CCCCC1)C1CCOC1=O. The van der Waals surface area contributed by atoms with Crippen molar-refractivity contribution in [2.45, 2.75) is 50.6 Å². The van der Waals surface area contributed by atoms with Crippen LogP contribution in [0.15, 0.2) is 0 Å². The van der Waals surface area contributed by atoms with E-state index >= 15 is 0 Å². The van der Waals surface area contributed by atoms with Crippen LogP contribution in [0.5, 0.6) is 0 Å². The fraction of sp³-hybridized carbons (Fsp3) is 0.909. The second kappa shape index (κ2) is 4.30. The fourth-order valence-electron chi connectivity index (χ4n) is 2.60. The number of hydrogen-bond donors (Lipinski definition) is 0. The zero-order chi connectivity index (χ0) is 9.97. The number of nitrogens with zero attached hydrogens (tertiary/aromatic N) is 1. The lowest BCUT2D eigenvalue weighted by Crippen LogP contribution is -2.43. The van der Waals surface area contributed by atoms with E-state index in [0.717, 1.165) is 6.42 Å². The minimum atomic E-state index is -0.0157. The van der Waals surface area contributed by atoms with Crippen molar-refractivity contribution in [1.29, 1.82) is 0 Å². The molecule has 0 bridgehead atoms. The van der Waals surface area contributed by atoms with E-state index < -0.39 is 0 Å². The molecule has 0 amide bonds. The Kier molecular flexibility index (Phi) is 3.06. The van der Waals surface area contributed by atoms with Crippen LogP contribution in [0.3, 0.4) is 0 Å². The van der Waals surface area contributed by atoms with Crippen LogP contribution in [0.25, 0.3) is 0 Å². The molecule has 1 heterocycles. The van der Waals surface area contributed by atoms with E-state index in [0.29, 0.717) is 12.6 Å². The quantitative estimate of drug-likeness (QED) is 0.629. The molecule has 0 N–H and O–H groups in total. The summed E-state index contributed by atoms with van der Waals surface area (Å²) in [7, 11) is 2.08. The molecule has 3 heteroatoms. The number of hydrogen-bond acceptors (Lipinski definition) is 3. The Bertz CT molecular complexity index is 211. The molecule has 80 valence electrons. The van der Waals surface area contributed by atoms with Crippen molar-refractivity contribution in [3.8, 4) is 0 Å². The van der Waals surface area contributed by atoms with Crippen molar-refractivity contribution >= 4 is 5.97 Å². The Balaban J connectivity index is 1.92. The molecular weight excluding hydrogens is 178 g/mol. The van der Waals surface area contributed by atoms with Gasteiger partial charge >= 0.3 is 5.97 Å². The van der Waals surface area contributed by atoms with Crippen LogP contribution in [0.1, 0.15) is 38.5 Å². The highest BCUT2D eigenvalue weighted by atomic mass is 16.5. The Morgan fingerprint density at radius 1 is 1.21 bits per heavy atom. The van der Waals surface area contributed by atoms with Gasteiger partial charge in [-0.1, -0.05) is 19.3 Å². The van der Waals surface area contributed by atoms with Gasteiger partial charge in [0.2, 0.25) is 0 Å². The maximum Gasteiger partial charge on any atom is 0.323 e. The Morgan fingerprint density at radius 2 is 1.93 bits per heavy atom. The molecule has 0 aromatic carbocycles. The van der Waals surface area contributed by atoms with Gasteiger partial charge in [-0.05, 0) is 19.9 Å². The summed E-state index contributed by atoms with van der Waals surface area (Å²) < 4.78 is 5.00. The highest BCUT2D eigenvalue weighted by Gasteiger charge is 2.34. The van der Waals surface area contributed by atoms with Gasteiger partial charge in [-0.25, -0.2) is 0 Å². The molecule has 2 fully saturated rings. The van der Waals surface area contributed by atoms with Crippen LogP contribution < -0.4 is 0 Å². The van der Waals surface area contributed by atoms with E-state index in [1.165, 1.54) is 32.1 Å². The van der Waals surface area contributed by atoms with Crippen LogP contribution >= 0.6 is 0 Å². The number of carbonyl (C=O) groups is 1. The third-order valence-electron chi connectivity index (χ3n) is 3.55. The minimum Gasteiger partial charge on any atom is -0.464 e. The van der Waals surface area contributed by atoms with Crippen molar-refractivity contribution in [3.05, 3.63) is 0 Å². The van der Waals surface area contributed by atoms with Gasteiger partial charge in [0, 0.05) is 12.5 Å². The standard InChI is InChI=1S/C11H19NO2/c1-12(9-5-3-2-4-6-9)10-7-8-14-11(10)13/h9-10H,2-8H2,1H3. The first-order chi connectivity index (χ1) is 6.79. The lowest BCUT2D eigenvalue weighted by atomic mass is 9.93. The van der Waals surface area contributed by atoms with Crippen molar-refractivity contribution in [3.63, 3.8) is 0 Å². The summed E-state index contributed by atoms with van der Waals surface area (Å²) in [6.07, 6.45) is 7.37. The van der Waals surface area contributed by atoms with E-state index in [1.807, 2.05) is 0 Å². The summed E-state index contributed by atoms with van der Waals surface area (Å²) in [4.78, 5) is 13.6. The van der Waals surface area contributed by atoms with Crippen LogP contribution in [0.2, 0.25) is 0 Å². The molecule has 0 aromatic heterocycles. The smallest absolute Gasteiger partial charge is 0.323 e. The van der Waals surface area contributed by atoms with E-state index in [9.17, 15) is 4.79 Å². The monoisotopic (exact) mass is 197 g/mol. The zero-order valence-corrected chi connectivity index (χ0v) is 8.87. The molecule has 3 nitrogen and oxygen atoms in total. The number of likely N-dealkylation sites (N-methyl/N-ethyl adjacent to an activating group) is 1.